The zero-order valence-electron chi connectivity index (χ0n) is 17.0. The van der Waals surface area contributed by atoms with Gasteiger partial charge in [0, 0.05) is 72.2 Å². The van der Waals surface area contributed by atoms with E-state index in [1.807, 2.05) is 13.1 Å². The van der Waals surface area contributed by atoms with Crippen LogP contribution in [0.4, 0.5) is 5.69 Å². The summed E-state index contributed by atoms with van der Waals surface area (Å²) >= 11 is 0. The molecule has 2 heterocycles. The Morgan fingerprint density at radius 1 is 1.14 bits per heavy atom. The molecule has 1 aliphatic heterocycles. The summed E-state index contributed by atoms with van der Waals surface area (Å²) in [5, 5.41) is 7.50. The van der Waals surface area contributed by atoms with E-state index in [2.05, 4.69) is 68.5 Å². The van der Waals surface area contributed by atoms with Crippen molar-refractivity contribution in [2.45, 2.75) is 13.0 Å². The SMILES string of the molecule is CN=C(NCCc1ccc(N(C)C)cc1)N1CCN(Cc2ccon2)CC1.I. The standard InChI is InChI=1S/C20H30N6O.HI/c1-21-20(22-10-8-17-4-6-19(7-5-17)24(2)3)26-13-11-25(12-14-26)16-18-9-15-27-23-18;/h4-7,9,15H,8,10-14,16H2,1-3H3,(H,21,22);1H. The number of benzene rings is 1. The average molecular weight is 498 g/mol. The van der Waals surface area contributed by atoms with Crippen LogP contribution in [0.1, 0.15) is 11.3 Å². The van der Waals surface area contributed by atoms with Gasteiger partial charge in [-0.25, -0.2) is 0 Å². The van der Waals surface area contributed by atoms with E-state index < -0.39 is 0 Å². The molecule has 1 saturated heterocycles. The molecule has 0 bridgehead atoms. The first kappa shape index (κ1) is 22.5. The summed E-state index contributed by atoms with van der Waals surface area (Å²) in [6.07, 6.45) is 2.62. The highest BCUT2D eigenvalue weighted by Crippen LogP contribution is 2.12. The van der Waals surface area contributed by atoms with Crippen molar-refractivity contribution in [2.75, 3.05) is 58.8 Å². The number of hydrogen-bond donors (Lipinski definition) is 1. The molecule has 1 aromatic heterocycles. The van der Waals surface area contributed by atoms with E-state index in [0.717, 1.165) is 57.3 Å². The molecular formula is C20H31IN6O. The number of halogens is 1. The number of guanidine groups is 1. The van der Waals surface area contributed by atoms with Gasteiger partial charge < -0.3 is 19.6 Å². The summed E-state index contributed by atoms with van der Waals surface area (Å²) < 4.78 is 4.91. The minimum Gasteiger partial charge on any atom is -0.378 e. The number of piperazine rings is 1. The lowest BCUT2D eigenvalue weighted by Gasteiger charge is -2.36. The summed E-state index contributed by atoms with van der Waals surface area (Å²) in [6, 6.07) is 10.7. The van der Waals surface area contributed by atoms with Crippen molar-refractivity contribution in [1.29, 1.82) is 0 Å². The van der Waals surface area contributed by atoms with Crippen molar-refractivity contribution >= 4 is 35.6 Å². The fourth-order valence-corrected chi connectivity index (χ4v) is 3.28. The molecule has 0 amide bonds. The number of aliphatic imine (C=N–C) groups is 1. The second kappa shape index (κ2) is 11.3. The monoisotopic (exact) mass is 498 g/mol. The largest absolute Gasteiger partial charge is 0.378 e. The van der Waals surface area contributed by atoms with Crippen LogP contribution in [0.5, 0.6) is 0 Å². The summed E-state index contributed by atoms with van der Waals surface area (Å²) in [6.45, 7) is 5.66. The highest BCUT2D eigenvalue weighted by molar-refractivity contribution is 14.0. The van der Waals surface area contributed by atoms with Crippen molar-refractivity contribution in [1.82, 2.24) is 20.3 Å². The fourth-order valence-electron chi connectivity index (χ4n) is 3.28. The Bertz CT molecular complexity index is 709. The Hall–Kier alpha value is -1.81. The zero-order chi connectivity index (χ0) is 19.1. The van der Waals surface area contributed by atoms with Crippen molar-refractivity contribution < 1.29 is 4.52 Å². The highest BCUT2D eigenvalue weighted by atomic mass is 127. The second-order valence-electron chi connectivity index (χ2n) is 7.04. The van der Waals surface area contributed by atoms with E-state index in [-0.39, 0.29) is 24.0 Å². The Labute approximate surface area is 184 Å². The maximum Gasteiger partial charge on any atom is 0.193 e. The van der Waals surface area contributed by atoms with Crippen LogP contribution in [0.15, 0.2) is 46.1 Å². The molecule has 1 aliphatic rings. The second-order valence-corrected chi connectivity index (χ2v) is 7.04. The molecule has 0 unspecified atom stereocenters. The van der Waals surface area contributed by atoms with Crippen molar-refractivity contribution in [3.05, 3.63) is 47.9 Å². The molecule has 0 atom stereocenters. The quantitative estimate of drug-likeness (QED) is 0.375. The molecule has 28 heavy (non-hydrogen) atoms. The molecule has 2 aromatic rings. The van der Waals surface area contributed by atoms with Crippen molar-refractivity contribution in [2.24, 2.45) is 4.99 Å². The van der Waals surface area contributed by atoms with Crippen LogP contribution in [0.3, 0.4) is 0 Å². The number of anilines is 1. The number of hydrogen-bond acceptors (Lipinski definition) is 5. The van der Waals surface area contributed by atoms with Crippen LogP contribution >= 0.6 is 24.0 Å². The number of nitrogens with one attached hydrogen (secondary N) is 1. The summed E-state index contributed by atoms with van der Waals surface area (Å²) in [7, 11) is 5.98. The van der Waals surface area contributed by atoms with Gasteiger partial charge in [0.15, 0.2) is 5.96 Å². The molecule has 154 valence electrons. The molecule has 3 rings (SSSR count). The van der Waals surface area contributed by atoms with Gasteiger partial charge in [-0.2, -0.15) is 0 Å². The van der Waals surface area contributed by atoms with Gasteiger partial charge in [0.25, 0.3) is 0 Å². The van der Waals surface area contributed by atoms with Gasteiger partial charge in [-0.05, 0) is 24.1 Å². The summed E-state index contributed by atoms with van der Waals surface area (Å²) in [5.74, 6) is 0.987. The first-order valence-electron chi connectivity index (χ1n) is 9.49. The Kier molecular flexibility index (Phi) is 9.04. The Morgan fingerprint density at radius 3 is 2.43 bits per heavy atom. The summed E-state index contributed by atoms with van der Waals surface area (Å²) in [5.41, 5.74) is 3.55. The average Bonchev–Trinajstić information content (AvgIpc) is 3.19. The predicted octanol–water partition coefficient (Wildman–Crippen LogP) is 2.29. The molecule has 0 aliphatic carbocycles. The lowest BCUT2D eigenvalue weighted by molar-refractivity contribution is 0.169. The topological polar surface area (TPSA) is 60.1 Å². The van der Waals surface area contributed by atoms with Crippen LogP contribution in [-0.2, 0) is 13.0 Å². The van der Waals surface area contributed by atoms with Gasteiger partial charge in [-0.3, -0.25) is 9.89 Å². The number of aromatic nitrogens is 1. The molecule has 0 spiro atoms. The minimum absolute atomic E-state index is 0. The Balaban J connectivity index is 0.00000280. The molecule has 0 saturated carbocycles. The minimum atomic E-state index is 0. The van der Waals surface area contributed by atoms with Crippen LogP contribution < -0.4 is 10.2 Å². The molecule has 1 aromatic carbocycles. The predicted molar refractivity (Wildman–Crippen MR) is 125 cm³/mol. The van der Waals surface area contributed by atoms with E-state index in [4.69, 9.17) is 4.52 Å². The third kappa shape index (κ3) is 6.37. The number of nitrogens with zero attached hydrogens (tertiary/aromatic N) is 5. The van der Waals surface area contributed by atoms with Crippen LogP contribution in [0.2, 0.25) is 0 Å². The molecular weight excluding hydrogens is 467 g/mol. The molecule has 1 N–H and O–H groups in total. The first-order valence-corrected chi connectivity index (χ1v) is 9.49. The lowest BCUT2D eigenvalue weighted by Crippen LogP contribution is -2.52. The van der Waals surface area contributed by atoms with Crippen LogP contribution in [-0.4, -0.2) is 74.8 Å². The normalized spacial score (nSPS) is 15.2. The van der Waals surface area contributed by atoms with Gasteiger partial charge in [-0.15, -0.1) is 24.0 Å². The summed E-state index contributed by atoms with van der Waals surface area (Å²) in [4.78, 5) is 11.3. The molecule has 7 nitrogen and oxygen atoms in total. The molecule has 8 heteroatoms. The fraction of sp³-hybridized carbons (Fsp3) is 0.500. The van der Waals surface area contributed by atoms with Gasteiger partial charge in [0.2, 0.25) is 0 Å². The maximum atomic E-state index is 4.91. The lowest BCUT2D eigenvalue weighted by atomic mass is 10.1. The molecule has 0 radical (unpaired) electrons. The smallest absolute Gasteiger partial charge is 0.193 e. The van der Waals surface area contributed by atoms with Gasteiger partial charge >= 0.3 is 0 Å². The number of rotatable bonds is 6. The van der Waals surface area contributed by atoms with E-state index in [1.165, 1.54) is 11.3 Å². The van der Waals surface area contributed by atoms with Crippen LogP contribution in [0.25, 0.3) is 0 Å². The van der Waals surface area contributed by atoms with E-state index in [1.54, 1.807) is 6.26 Å². The zero-order valence-corrected chi connectivity index (χ0v) is 19.3. The van der Waals surface area contributed by atoms with E-state index >= 15 is 0 Å². The molecule has 1 fully saturated rings. The first-order chi connectivity index (χ1) is 13.2. The van der Waals surface area contributed by atoms with Gasteiger partial charge in [0.1, 0.15) is 6.26 Å². The van der Waals surface area contributed by atoms with Crippen LogP contribution in [0, 0.1) is 0 Å². The highest BCUT2D eigenvalue weighted by Gasteiger charge is 2.20. The van der Waals surface area contributed by atoms with Crippen molar-refractivity contribution in [3.63, 3.8) is 0 Å². The third-order valence-electron chi connectivity index (χ3n) is 4.91. The van der Waals surface area contributed by atoms with Gasteiger partial charge in [-0.1, -0.05) is 17.3 Å². The van der Waals surface area contributed by atoms with E-state index in [9.17, 15) is 0 Å². The maximum absolute atomic E-state index is 4.91. The van der Waals surface area contributed by atoms with Gasteiger partial charge in [0.05, 0.1) is 5.69 Å². The van der Waals surface area contributed by atoms with E-state index in [0.29, 0.717) is 0 Å². The Morgan fingerprint density at radius 2 is 1.86 bits per heavy atom. The third-order valence-corrected chi connectivity index (χ3v) is 4.91. The van der Waals surface area contributed by atoms with Crippen molar-refractivity contribution in [3.8, 4) is 0 Å².